The van der Waals surface area contributed by atoms with Crippen molar-refractivity contribution in [1.29, 1.82) is 0 Å². The van der Waals surface area contributed by atoms with Gasteiger partial charge in [-0.05, 0) is 36.6 Å². The number of hydrogen-bond donors (Lipinski definition) is 2. The molecule has 0 spiro atoms. The average molecular weight is 323 g/mol. The number of anilines is 2. The van der Waals surface area contributed by atoms with Crippen molar-refractivity contribution in [1.82, 2.24) is 4.90 Å². The van der Waals surface area contributed by atoms with Crippen LogP contribution in [-0.2, 0) is 11.3 Å². The summed E-state index contributed by atoms with van der Waals surface area (Å²) in [4.78, 5) is 25.7. The molecule has 5 heteroatoms. The second kappa shape index (κ2) is 7.17. The third-order valence-corrected chi connectivity index (χ3v) is 3.94. The summed E-state index contributed by atoms with van der Waals surface area (Å²) in [5.74, 6) is 0.208. The van der Waals surface area contributed by atoms with Gasteiger partial charge in [0.1, 0.15) is 0 Å². The largest absolute Gasteiger partial charge is 0.326 e. The number of nitrogens with one attached hydrogen (secondary N) is 2. The predicted octanol–water partition coefficient (Wildman–Crippen LogP) is 3.70. The fourth-order valence-corrected chi connectivity index (χ4v) is 2.41. The zero-order valence-corrected chi connectivity index (χ0v) is 13.7. The van der Waals surface area contributed by atoms with E-state index in [1.807, 2.05) is 42.5 Å². The number of carbonyl (C=O) groups excluding carboxylic acids is 2. The molecule has 0 unspecified atom stereocenters. The lowest BCUT2D eigenvalue weighted by atomic mass is 10.2. The van der Waals surface area contributed by atoms with E-state index >= 15 is 0 Å². The summed E-state index contributed by atoms with van der Waals surface area (Å²) in [5.41, 5.74) is 2.43. The topological polar surface area (TPSA) is 61.4 Å². The second-order valence-electron chi connectivity index (χ2n) is 6.12. The second-order valence-corrected chi connectivity index (χ2v) is 6.12. The normalized spacial score (nSPS) is 13.2. The number of rotatable bonds is 5. The lowest BCUT2D eigenvalue weighted by molar-refractivity contribution is -0.117. The maximum absolute atomic E-state index is 12.3. The highest BCUT2D eigenvalue weighted by atomic mass is 16.2. The van der Waals surface area contributed by atoms with Crippen molar-refractivity contribution in [3.05, 3.63) is 60.2 Å². The van der Waals surface area contributed by atoms with Crippen LogP contribution in [0, 0.1) is 5.92 Å². The molecule has 124 valence electrons. The van der Waals surface area contributed by atoms with E-state index < -0.39 is 0 Å². The lowest BCUT2D eigenvalue weighted by Crippen LogP contribution is -2.30. The smallest absolute Gasteiger partial charge is 0.321 e. The van der Waals surface area contributed by atoms with E-state index in [4.69, 9.17) is 0 Å². The monoisotopic (exact) mass is 323 g/mol. The molecule has 3 rings (SSSR count). The minimum atomic E-state index is -0.190. The van der Waals surface area contributed by atoms with E-state index in [2.05, 4.69) is 10.6 Å². The quantitative estimate of drug-likeness (QED) is 0.881. The van der Waals surface area contributed by atoms with E-state index in [-0.39, 0.29) is 17.9 Å². The van der Waals surface area contributed by atoms with Gasteiger partial charge < -0.3 is 15.5 Å². The summed E-state index contributed by atoms with van der Waals surface area (Å²) in [6, 6.07) is 16.8. The molecular weight excluding hydrogens is 302 g/mol. The van der Waals surface area contributed by atoms with Gasteiger partial charge >= 0.3 is 6.03 Å². The van der Waals surface area contributed by atoms with Crippen molar-refractivity contribution in [3.8, 4) is 0 Å². The van der Waals surface area contributed by atoms with Crippen LogP contribution >= 0.6 is 0 Å². The predicted molar refractivity (Wildman–Crippen MR) is 94.7 cm³/mol. The maximum Gasteiger partial charge on any atom is 0.321 e. The number of urea groups is 1. The lowest BCUT2D eigenvalue weighted by Gasteiger charge is -2.18. The van der Waals surface area contributed by atoms with Crippen molar-refractivity contribution in [2.45, 2.75) is 19.4 Å². The summed E-state index contributed by atoms with van der Waals surface area (Å²) in [7, 11) is 1.75. The Kier molecular flexibility index (Phi) is 4.79. The Labute approximate surface area is 141 Å². The van der Waals surface area contributed by atoms with Crippen LogP contribution in [0.25, 0.3) is 0 Å². The standard InChI is InChI=1S/C19H21N3O2/c1-22(13-14-6-3-2-4-7-14)19(24)21-17-9-5-8-16(12-17)20-18(23)15-10-11-15/h2-9,12,15H,10-11,13H2,1H3,(H,20,23)(H,21,24). The van der Waals surface area contributed by atoms with E-state index in [0.29, 0.717) is 17.9 Å². The molecule has 3 amide bonds. The van der Waals surface area contributed by atoms with Crippen LogP contribution in [0.2, 0.25) is 0 Å². The molecule has 2 aromatic carbocycles. The Morgan fingerprint density at radius 1 is 1.00 bits per heavy atom. The van der Waals surface area contributed by atoms with Crippen LogP contribution in [0.1, 0.15) is 18.4 Å². The van der Waals surface area contributed by atoms with E-state index in [9.17, 15) is 9.59 Å². The van der Waals surface area contributed by atoms with Gasteiger partial charge in [-0.15, -0.1) is 0 Å². The van der Waals surface area contributed by atoms with Crippen LogP contribution < -0.4 is 10.6 Å². The zero-order chi connectivity index (χ0) is 16.9. The number of benzene rings is 2. The first-order valence-electron chi connectivity index (χ1n) is 8.09. The Hall–Kier alpha value is -2.82. The molecule has 0 radical (unpaired) electrons. The molecule has 0 atom stereocenters. The summed E-state index contributed by atoms with van der Waals surface area (Å²) < 4.78 is 0. The summed E-state index contributed by atoms with van der Waals surface area (Å²) in [6.07, 6.45) is 1.93. The van der Waals surface area contributed by atoms with E-state index in [1.54, 1.807) is 24.1 Å². The van der Waals surface area contributed by atoms with Crippen LogP contribution in [0.15, 0.2) is 54.6 Å². The Bertz CT molecular complexity index is 726. The third kappa shape index (κ3) is 4.35. The van der Waals surface area contributed by atoms with Crippen LogP contribution in [0.4, 0.5) is 16.2 Å². The Morgan fingerprint density at radius 2 is 1.67 bits per heavy atom. The van der Waals surface area contributed by atoms with Gasteiger partial charge in [0.05, 0.1) is 0 Å². The van der Waals surface area contributed by atoms with Gasteiger partial charge in [-0.3, -0.25) is 4.79 Å². The summed E-state index contributed by atoms with van der Waals surface area (Å²) in [6.45, 7) is 0.533. The van der Waals surface area contributed by atoms with Crippen LogP contribution in [0.3, 0.4) is 0 Å². The Morgan fingerprint density at radius 3 is 2.33 bits per heavy atom. The van der Waals surface area contributed by atoms with Gasteiger partial charge in [0.25, 0.3) is 0 Å². The zero-order valence-electron chi connectivity index (χ0n) is 13.7. The number of nitrogens with zero attached hydrogens (tertiary/aromatic N) is 1. The first kappa shape index (κ1) is 16.1. The van der Waals surface area contributed by atoms with Crippen molar-refractivity contribution < 1.29 is 9.59 Å². The van der Waals surface area contributed by atoms with E-state index in [0.717, 1.165) is 18.4 Å². The molecule has 2 aromatic rings. The van der Waals surface area contributed by atoms with Crippen molar-refractivity contribution >= 4 is 23.3 Å². The van der Waals surface area contributed by atoms with Gasteiger partial charge in [-0.2, -0.15) is 0 Å². The Balaban J connectivity index is 1.58. The van der Waals surface area contributed by atoms with Gasteiger partial charge in [-0.25, -0.2) is 4.79 Å². The van der Waals surface area contributed by atoms with Gasteiger partial charge in [-0.1, -0.05) is 36.4 Å². The number of amides is 3. The average Bonchev–Trinajstić information content (AvgIpc) is 3.41. The molecule has 1 aliphatic carbocycles. The molecule has 5 nitrogen and oxygen atoms in total. The molecular formula is C19H21N3O2. The molecule has 1 fully saturated rings. The van der Waals surface area contributed by atoms with E-state index in [1.165, 1.54) is 0 Å². The highest BCUT2D eigenvalue weighted by Gasteiger charge is 2.29. The number of carbonyl (C=O) groups is 2. The molecule has 0 aliphatic heterocycles. The third-order valence-electron chi connectivity index (χ3n) is 3.94. The fraction of sp³-hybridized carbons (Fsp3) is 0.263. The van der Waals surface area contributed by atoms with Crippen LogP contribution in [0.5, 0.6) is 0 Å². The van der Waals surface area contributed by atoms with Gasteiger partial charge in [0.15, 0.2) is 0 Å². The summed E-state index contributed by atoms with van der Waals surface area (Å²) >= 11 is 0. The number of hydrogen-bond acceptors (Lipinski definition) is 2. The van der Waals surface area contributed by atoms with Crippen LogP contribution in [-0.4, -0.2) is 23.9 Å². The molecule has 0 heterocycles. The molecule has 1 saturated carbocycles. The van der Waals surface area contributed by atoms with Gasteiger partial charge in [0.2, 0.25) is 5.91 Å². The molecule has 2 N–H and O–H groups in total. The van der Waals surface area contributed by atoms with Crippen molar-refractivity contribution in [2.75, 3.05) is 17.7 Å². The highest BCUT2D eigenvalue weighted by Crippen LogP contribution is 2.30. The summed E-state index contributed by atoms with van der Waals surface area (Å²) in [5, 5.41) is 5.74. The SMILES string of the molecule is CN(Cc1ccccc1)C(=O)Nc1cccc(NC(=O)C2CC2)c1. The van der Waals surface area contributed by atoms with Crippen molar-refractivity contribution in [3.63, 3.8) is 0 Å². The minimum Gasteiger partial charge on any atom is -0.326 e. The molecule has 0 bridgehead atoms. The molecule has 1 aliphatic rings. The first-order chi connectivity index (χ1) is 11.6. The maximum atomic E-state index is 12.3. The fourth-order valence-electron chi connectivity index (χ4n) is 2.41. The highest BCUT2D eigenvalue weighted by molar-refractivity contribution is 5.95. The molecule has 24 heavy (non-hydrogen) atoms. The molecule has 0 saturated heterocycles. The van der Waals surface area contributed by atoms with Crippen molar-refractivity contribution in [2.24, 2.45) is 5.92 Å². The van der Waals surface area contributed by atoms with Gasteiger partial charge in [0, 0.05) is 30.9 Å². The molecule has 0 aromatic heterocycles. The first-order valence-corrected chi connectivity index (χ1v) is 8.09. The minimum absolute atomic E-state index is 0.0553.